The summed E-state index contributed by atoms with van der Waals surface area (Å²) in [6.07, 6.45) is 13.1. The second-order valence-corrected chi connectivity index (χ2v) is 6.26. The van der Waals surface area contributed by atoms with E-state index >= 15 is 0 Å². The average Bonchev–Trinajstić information content (AvgIpc) is 3.00. The number of H-pyrrole nitrogens is 1. The fourth-order valence-electron chi connectivity index (χ4n) is 3.40. The minimum atomic E-state index is -2.04. The maximum absolute atomic E-state index is 14.8. The van der Waals surface area contributed by atoms with E-state index in [0.717, 1.165) is 37.5 Å². The van der Waals surface area contributed by atoms with Crippen LogP contribution in [0.15, 0.2) is 36.6 Å². The zero-order chi connectivity index (χ0) is 15.4. The van der Waals surface area contributed by atoms with E-state index in [4.69, 9.17) is 4.74 Å². The Morgan fingerprint density at radius 3 is 2.86 bits per heavy atom. The quantitative estimate of drug-likeness (QED) is 0.875. The lowest BCUT2D eigenvalue weighted by molar-refractivity contribution is -0.163. The predicted octanol–water partition coefficient (Wildman–Crippen LogP) is 4.40. The zero-order valence-corrected chi connectivity index (χ0v) is 12.6. The van der Waals surface area contributed by atoms with Gasteiger partial charge in [-0.25, -0.2) is 13.8 Å². The third kappa shape index (κ3) is 3.83. The van der Waals surface area contributed by atoms with Gasteiger partial charge < -0.3 is 9.72 Å². The van der Waals surface area contributed by atoms with Gasteiger partial charge in [0.25, 0.3) is 0 Å². The number of aromatic amines is 1. The second kappa shape index (κ2) is 6.73. The highest BCUT2D eigenvalue weighted by Gasteiger charge is 2.36. The fourth-order valence-corrected chi connectivity index (χ4v) is 3.40. The van der Waals surface area contributed by atoms with Gasteiger partial charge in [0.2, 0.25) is 5.85 Å². The van der Waals surface area contributed by atoms with E-state index in [0.29, 0.717) is 12.3 Å². The van der Waals surface area contributed by atoms with Crippen LogP contribution < -0.4 is 0 Å². The Balaban J connectivity index is 1.74. The van der Waals surface area contributed by atoms with E-state index in [2.05, 4.69) is 9.97 Å². The predicted molar refractivity (Wildman–Crippen MR) is 80.5 cm³/mol. The summed E-state index contributed by atoms with van der Waals surface area (Å²) in [5.41, 5.74) is 0.926. The molecule has 0 amide bonds. The van der Waals surface area contributed by atoms with Gasteiger partial charge in [-0.3, -0.25) is 0 Å². The van der Waals surface area contributed by atoms with E-state index < -0.39 is 11.7 Å². The number of alkyl halides is 1. The van der Waals surface area contributed by atoms with E-state index in [9.17, 15) is 8.78 Å². The van der Waals surface area contributed by atoms with Gasteiger partial charge in [-0.05, 0) is 24.8 Å². The fraction of sp³-hybridized carbons (Fsp3) is 0.588. The van der Waals surface area contributed by atoms with Crippen molar-refractivity contribution in [2.24, 2.45) is 5.92 Å². The highest BCUT2D eigenvalue weighted by atomic mass is 19.2. The first kappa shape index (κ1) is 15.4. The van der Waals surface area contributed by atoms with Crippen molar-refractivity contribution >= 4 is 0 Å². The topological polar surface area (TPSA) is 37.9 Å². The standard InChI is InChI=1S/C17H22F2N2O/c18-14-7-4-8-17(19,10-14)22-16(9-15-11-20-12-21-15)13-5-2-1-3-6-13/h4,7,10-13,16H,1-3,5-6,8-9H2,(H,20,21). The highest BCUT2D eigenvalue weighted by Crippen LogP contribution is 2.35. The van der Waals surface area contributed by atoms with Gasteiger partial charge in [0.05, 0.1) is 12.4 Å². The van der Waals surface area contributed by atoms with Gasteiger partial charge in [0, 0.05) is 30.8 Å². The number of nitrogens with zero attached hydrogens (tertiary/aromatic N) is 1. The van der Waals surface area contributed by atoms with E-state index in [1.54, 1.807) is 12.5 Å². The van der Waals surface area contributed by atoms with Crippen LogP contribution >= 0.6 is 0 Å². The van der Waals surface area contributed by atoms with E-state index in [1.807, 2.05) is 0 Å². The van der Waals surface area contributed by atoms with E-state index in [1.165, 1.54) is 18.6 Å². The largest absolute Gasteiger partial charge is 0.348 e. The molecule has 3 nitrogen and oxygen atoms in total. The van der Waals surface area contributed by atoms with Gasteiger partial charge in [0.15, 0.2) is 0 Å². The number of rotatable bonds is 5. The summed E-state index contributed by atoms with van der Waals surface area (Å²) in [5, 5.41) is 0. The summed E-state index contributed by atoms with van der Waals surface area (Å²) in [4.78, 5) is 7.06. The molecule has 0 spiro atoms. The summed E-state index contributed by atoms with van der Waals surface area (Å²) < 4.78 is 34.0. The molecule has 0 radical (unpaired) electrons. The SMILES string of the molecule is FC1=CC(F)(OC(Cc2cnc[nH]2)C2CCCCC2)CC=C1. The van der Waals surface area contributed by atoms with Crippen LogP contribution in [0.1, 0.15) is 44.2 Å². The molecule has 3 rings (SSSR count). The van der Waals surface area contributed by atoms with Crippen LogP contribution in [0.3, 0.4) is 0 Å². The molecule has 1 heterocycles. The van der Waals surface area contributed by atoms with Crippen molar-refractivity contribution in [3.05, 3.63) is 42.3 Å². The summed E-state index contributed by atoms with van der Waals surface area (Å²) in [6, 6.07) is 0. The van der Waals surface area contributed by atoms with E-state index in [-0.39, 0.29) is 12.5 Å². The molecule has 1 N–H and O–H groups in total. The summed E-state index contributed by atoms with van der Waals surface area (Å²) >= 11 is 0. The summed E-state index contributed by atoms with van der Waals surface area (Å²) in [5.74, 6) is -2.30. The first-order valence-electron chi connectivity index (χ1n) is 8.03. The van der Waals surface area contributed by atoms with Crippen LogP contribution in [0, 0.1) is 5.92 Å². The molecule has 1 aromatic rings. The number of imidazole rings is 1. The number of ether oxygens (including phenoxy) is 1. The van der Waals surface area contributed by atoms with Crippen LogP contribution in [-0.2, 0) is 11.2 Å². The van der Waals surface area contributed by atoms with Gasteiger partial charge in [0.1, 0.15) is 5.83 Å². The second-order valence-electron chi connectivity index (χ2n) is 6.26. The minimum absolute atomic E-state index is 0.0621. The molecule has 5 heteroatoms. The van der Waals surface area contributed by atoms with Crippen molar-refractivity contribution in [2.75, 3.05) is 0 Å². The molecule has 0 aliphatic heterocycles. The molecule has 120 valence electrons. The van der Waals surface area contributed by atoms with Crippen molar-refractivity contribution < 1.29 is 13.5 Å². The molecule has 2 aliphatic rings. The Bertz CT molecular complexity index is 535. The van der Waals surface area contributed by atoms with Gasteiger partial charge in [-0.1, -0.05) is 25.3 Å². The molecule has 2 atom stereocenters. The molecule has 0 aromatic carbocycles. The smallest absolute Gasteiger partial charge is 0.235 e. The van der Waals surface area contributed by atoms with Crippen LogP contribution in [0.25, 0.3) is 0 Å². The number of aromatic nitrogens is 2. The third-order valence-electron chi connectivity index (χ3n) is 4.53. The lowest BCUT2D eigenvalue weighted by atomic mass is 9.83. The molecule has 22 heavy (non-hydrogen) atoms. The monoisotopic (exact) mass is 308 g/mol. The third-order valence-corrected chi connectivity index (χ3v) is 4.53. The maximum Gasteiger partial charge on any atom is 0.235 e. The number of halogens is 2. The lowest BCUT2D eigenvalue weighted by Gasteiger charge is -2.35. The molecule has 0 saturated heterocycles. The zero-order valence-electron chi connectivity index (χ0n) is 12.6. The Morgan fingerprint density at radius 2 is 2.18 bits per heavy atom. The van der Waals surface area contributed by atoms with Crippen LogP contribution in [0.4, 0.5) is 8.78 Å². The Kier molecular flexibility index (Phi) is 4.71. The normalized spacial score (nSPS) is 27.6. The Morgan fingerprint density at radius 1 is 1.36 bits per heavy atom. The van der Waals surface area contributed by atoms with Crippen molar-refractivity contribution in [1.29, 1.82) is 0 Å². The Hall–Kier alpha value is -1.49. The number of hydrogen-bond donors (Lipinski definition) is 1. The molecular formula is C17H22F2N2O. The molecule has 1 saturated carbocycles. The molecule has 2 aliphatic carbocycles. The minimum Gasteiger partial charge on any atom is -0.348 e. The number of allylic oxidation sites excluding steroid dienone is 2. The van der Waals surface area contributed by atoms with Crippen molar-refractivity contribution in [1.82, 2.24) is 9.97 Å². The van der Waals surface area contributed by atoms with Crippen LogP contribution in [0.2, 0.25) is 0 Å². The molecule has 1 fully saturated rings. The number of nitrogens with one attached hydrogen (secondary N) is 1. The van der Waals surface area contributed by atoms with Gasteiger partial charge in [-0.15, -0.1) is 0 Å². The summed E-state index contributed by atoms with van der Waals surface area (Å²) in [6.45, 7) is 0. The first-order chi connectivity index (χ1) is 10.6. The van der Waals surface area contributed by atoms with Crippen molar-refractivity contribution in [2.45, 2.75) is 56.9 Å². The molecular weight excluding hydrogens is 286 g/mol. The van der Waals surface area contributed by atoms with Crippen molar-refractivity contribution in [3.63, 3.8) is 0 Å². The van der Waals surface area contributed by atoms with Crippen molar-refractivity contribution in [3.8, 4) is 0 Å². The van der Waals surface area contributed by atoms with Gasteiger partial charge in [-0.2, -0.15) is 0 Å². The first-order valence-corrected chi connectivity index (χ1v) is 8.03. The number of hydrogen-bond acceptors (Lipinski definition) is 2. The van der Waals surface area contributed by atoms with Crippen LogP contribution in [0.5, 0.6) is 0 Å². The highest BCUT2D eigenvalue weighted by molar-refractivity contribution is 5.21. The Labute approximate surface area is 129 Å². The lowest BCUT2D eigenvalue weighted by Crippen LogP contribution is -2.37. The summed E-state index contributed by atoms with van der Waals surface area (Å²) in [7, 11) is 0. The molecule has 1 aromatic heterocycles. The maximum atomic E-state index is 14.8. The molecule has 2 unspecified atom stereocenters. The van der Waals surface area contributed by atoms with Crippen LogP contribution in [-0.4, -0.2) is 21.9 Å². The van der Waals surface area contributed by atoms with Gasteiger partial charge >= 0.3 is 0 Å². The molecule has 0 bridgehead atoms. The average molecular weight is 308 g/mol.